The van der Waals surface area contributed by atoms with Gasteiger partial charge in [-0.2, -0.15) is 0 Å². The number of hydrogen-bond acceptors (Lipinski definition) is 0. The molecule has 2 aromatic rings. The van der Waals surface area contributed by atoms with E-state index >= 15 is 0 Å². The smallest absolute Gasteiger partial charge is 0.0784 e. The lowest BCUT2D eigenvalue weighted by molar-refractivity contribution is 0.799. The largest absolute Gasteiger partial charge is 0.216 e. The Morgan fingerprint density at radius 2 is 1.61 bits per heavy atom. The number of rotatable bonds is 3. The van der Waals surface area contributed by atoms with Gasteiger partial charge >= 0.3 is 0 Å². The normalized spacial score (nSPS) is 12.0. The molecule has 0 bridgehead atoms. The van der Waals surface area contributed by atoms with Gasteiger partial charge in [0.25, 0.3) is 0 Å². The highest BCUT2D eigenvalue weighted by molar-refractivity contribution is 6.67. The minimum absolute atomic E-state index is 0.753. The van der Waals surface area contributed by atoms with Gasteiger partial charge in [-0.25, -0.2) is 0 Å². The Morgan fingerprint density at radius 1 is 0.944 bits per heavy atom. The first-order valence-corrected chi connectivity index (χ1v) is 7.25. The molecule has 96 valence electrons. The van der Waals surface area contributed by atoms with Gasteiger partial charge in [-0.3, -0.25) is 0 Å². The Hall–Kier alpha value is -0.430. The second-order valence-electron chi connectivity index (χ2n) is 4.42. The first-order valence-electron chi connectivity index (χ1n) is 6.12. The minimum atomic E-state index is -1.37. The fourth-order valence-electron chi connectivity index (χ4n) is 2.21. The molecule has 0 nitrogen and oxygen atoms in total. The third kappa shape index (κ3) is 2.93. The predicted molar refractivity (Wildman–Crippen MR) is 81.8 cm³/mol. The van der Waals surface area contributed by atoms with Crippen molar-refractivity contribution in [2.75, 3.05) is 0 Å². The fraction of sp³-hybridized carbons (Fsp3) is 0.333. The van der Waals surface area contributed by atoms with Crippen LogP contribution in [0, 0.1) is 0 Å². The number of halogens is 3. The van der Waals surface area contributed by atoms with Gasteiger partial charge in [0.05, 0.1) is 0 Å². The van der Waals surface area contributed by atoms with E-state index in [0.717, 1.165) is 17.4 Å². The van der Waals surface area contributed by atoms with E-state index in [-0.39, 0.29) is 0 Å². The highest BCUT2D eigenvalue weighted by Crippen LogP contribution is 2.42. The molecule has 18 heavy (non-hydrogen) atoms. The summed E-state index contributed by atoms with van der Waals surface area (Å²) in [5.74, 6) is 0. The van der Waals surface area contributed by atoms with Crippen LogP contribution in [0.2, 0.25) is 0 Å². The van der Waals surface area contributed by atoms with Crippen LogP contribution in [0.15, 0.2) is 36.4 Å². The van der Waals surface area contributed by atoms with Crippen LogP contribution in [0.5, 0.6) is 0 Å². The topological polar surface area (TPSA) is 0 Å². The molecule has 0 aliphatic rings. The summed E-state index contributed by atoms with van der Waals surface area (Å²) in [5.41, 5.74) is 2.08. The second-order valence-corrected chi connectivity index (χ2v) is 6.70. The van der Waals surface area contributed by atoms with Crippen molar-refractivity contribution < 1.29 is 0 Å². The SMILES string of the molecule is CCCCc1cccc2c(C(Cl)(Cl)Cl)cccc12. The summed E-state index contributed by atoms with van der Waals surface area (Å²) in [4.78, 5) is 0. The molecular weight excluding hydrogens is 287 g/mol. The van der Waals surface area contributed by atoms with Gasteiger partial charge in [-0.05, 0) is 29.2 Å². The molecule has 2 rings (SSSR count). The zero-order valence-corrected chi connectivity index (χ0v) is 12.5. The van der Waals surface area contributed by atoms with Crippen LogP contribution in [0.25, 0.3) is 10.8 Å². The van der Waals surface area contributed by atoms with Crippen LogP contribution in [0.1, 0.15) is 30.9 Å². The molecule has 0 amide bonds. The van der Waals surface area contributed by atoms with Crippen molar-refractivity contribution in [1.29, 1.82) is 0 Å². The molecule has 0 aromatic heterocycles. The molecule has 3 heteroatoms. The van der Waals surface area contributed by atoms with E-state index in [1.54, 1.807) is 0 Å². The highest BCUT2D eigenvalue weighted by Gasteiger charge is 2.25. The lowest BCUT2D eigenvalue weighted by Gasteiger charge is -2.16. The van der Waals surface area contributed by atoms with Crippen LogP contribution in [0.4, 0.5) is 0 Å². The maximum atomic E-state index is 6.03. The van der Waals surface area contributed by atoms with Crippen LogP contribution >= 0.6 is 34.8 Å². The summed E-state index contributed by atoms with van der Waals surface area (Å²) in [6, 6.07) is 12.1. The van der Waals surface area contributed by atoms with Crippen molar-refractivity contribution in [2.45, 2.75) is 30.0 Å². The number of aryl methyl sites for hydroxylation is 1. The summed E-state index contributed by atoms with van der Waals surface area (Å²) in [7, 11) is 0. The molecule has 0 aliphatic heterocycles. The molecule has 0 saturated heterocycles. The molecular formula is C15H15Cl3. The van der Waals surface area contributed by atoms with E-state index in [2.05, 4.69) is 19.1 Å². The van der Waals surface area contributed by atoms with Crippen LogP contribution in [0.3, 0.4) is 0 Å². The van der Waals surface area contributed by atoms with E-state index < -0.39 is 3.79 Å². The van der Waals surface area contributed by atoms with E-state index in [4.69, 9.17) is 34.8 Å². The Morgan fingerprint density at radius 3 is 2.28 bits per heavy atom. The molecule has 0 heterocycles. The van der Waals surface area contributed by atoms with Crippen LogP contribution in [-0.2, 0) is 10.2 Å². The van der Waals surface area contributed by atoms with Gasteiger partial charge in [-0.15, -0.1) is 0 Å². The molecule has 0 atom stereocenters. The van der Waals surface area contributed by atoms with Gasteiger partial charge in [0.15, 0.2) is 0 Å². The number of hydrogen-bond donors (Lipinski definition) is 0. The number of unbranched alkanes of at least 4 members (excludes halogenated alkanes) is 1. The monoisotopic (exact) mass is 300 g/mol. The van der Waals surface area contributed by atoms with Gasteiger partial charge in [0.2, 0.25) is 3.79 Å². The maximum absolute atomic E-state index is 6.03. The molecule has 2 aromatic carbocycles. The quantitative estimate of drug-likeness (QED) is 0.609. The summed E-state index contributed by atoms with van der Waals surface area (Å²) in [6.07, 6.45) is 3.43. The van der Waals surface area contributed by atoms with Gasteiger partial charge in [0, 0.05) is 5.56 Å². The minimum Gasteiger partial charge on any atom is -0.0784 e. The van der Waals surface area contributed by atoms with Crippen LogP contribution < -0.4 is 0 Å². The summed E-state index contributed by atoms with van der Waals surface area (Å²) >= 11 is 18.1. The average molecular weight is 302 g/mol. The third-order valence-electron chi connectivity index (χ3n) is 3.12. The molecule has 0 fully saturated rings. The zero-order chi connectivity index (χ0) is 13.2. The average Bonchev–Trinajstić information content (AvgIpc) is 2.34. The van der Waals surface area contributed by atoms with E-state index in [0.29, 0.717) is 0 Å². The first-order chi connectivity index (χ1) is 8.54. The summed E-state index contributed by atoms with van der Waals surface area (Å²) < 4.78 is -1.37. The second kappa shape index (κ2) is 5.69. The van der Waals surface area contributed by atoms with E-state index in [1.807, 2.05) is 24.3 Å². The van der Waals surface area contributed by atoms with Gasteiger partial charge in [-0.1, -0.05) is 84.5 Å². The lowest BCUT2D eigenvalue weighted by Crippen LogP contribution is -2.01. The van der Waals surface area contributed by atoms with Crippen molar-refractivity contribution in [3.05, 3.63) is 47.5 Å². The standard InChI is InChI=1S/C15H15Cl3/c1-2-3-6-11-7-4-9-13-12(11)8-5-10-14(13)15(16,17)18/h4-5,7-10H,2-3,6H2,1H3. The van der Waals surface area contributed by atoms with Crippen molar-refractivity contribution in [3.8, 4) is 0 Å². The Balaban J connectivity index is 2.58. The lowest BCUT2D eigenvalue weighted by atomic mass is 9.97. The fourth-order valence-corrected chi connectivity index (χ4v) is 2.70. The van der Waals surface area contributed by atoms with Gasteiger partial charge < -0.3 is 0 Å². The predicted octanol–water partition coefficient (Wildman–Crippen LogP) is 6.01. The Bertz CT molecular complexity index is 541. The zero-order valence-electron chi connectivity index (χ0n) is 10.2. The molecule has 0 N–H and O–H groups in total. The first kappa shape index (κ1) is 14.0. The summed E-state index contributed by atoms with van der Waals surface area (Å²) in [5, 5.41) is 2.22. The Labute approximate surface area is 123 Å². The molecule has 0 radical (unpaired) electrons. The van der Waals surface area contributed by atoms with Crippen molar-refractivity contribution in [3.63, 3.8) is 0 Å². The molecule has 0 aliphatic carbocycles. The number of benzene rings is 2. The maximum Gasteiger partial charge on any atom is 0.216 e. The Kier molecular flexibility index (Phi) is 4.42. The number of alkyl halides is 3. The molecule has 0 spiro atoms. The van der Waals surface area contributed by atoms with Crippen molar-refractivity contribution in [1.82, 2.24) is 0 Å². The third-order valence-corrected chi connectivity index (χ3v) is 3.73. The van der Waals surface area contributed by atoms with Crippen molar-refractivity contribution in [2.24, 2.45) is 0 Å². The summed E-state index contributed by atoms with van der Waals surface area (Å²) in [6.45, 7) is 2.19. The highest BCUT2D eigenvalue weighted by atomic mass is 35.6. The van der Waals surface area contributed by atoms with Crippen molar-refractivity contribution >= 4 is 45.6 Å². The molecule has 0 unspecified atom stereocenters. The molecule has 0 saturated carbocycles. The number of fused-ring (bicyclic) bond motifs is 1. The van der Waals surface area contributed by atoms with Gasteiger partial charge in [0.1, 0.15) is 0 Å². The van der Waals surface area contributed by atoms with Crippen LogP contribution in [-0.4, -0.2) is 0 Å². The van der Waals surface area contributed by atoms with E-state index in [9.17, 15) is 0 Å². The van der Waals surface area contributed by atoms with E-state index in [1.165, 1.54) is 23.8 Å².